The molecule has 120 valence electrons. The van der Waals surface area contributed by atoms with Gasteiger partial charge in [-0.1, -0.05) is 18.2 Å². The summed E-state index contributed by atoms with van der Waals surface area (Å²) in [6.45, 7) is 0.516. The van der Waals surface area contributed by atoms with Crippen molar-refractivity contribution >= 4 is 17.7 Å². The van der Waals surface area contributed by atoms with Crippen LogP contribution in [0, 0.1) is 5.82 Å². The van der Waals surface area contributed by atoms with E-state index in [1.807, 2.05) is 24.3 Å². The zero-order valence-electron chi connectivity index (χ0n) is 12.8. The summed E-state index contributed by atoms with van der Waals surface area (Å²) in [5.41, 5.74) is 1.68. The highest BCUT2D eigenvalue weighted by Gasteiger charge is 2.45. The summed E-state index contributed by atoms with van der Waals surface area (Å²) in [5, 5.41) is 2.96. The van der Waals surface area contributed by atoms with Crippen LogP contribution in [0.25, 0.3) is 0 Å². The lowest BCUT2D eigenvalue weighted by molar-refractivity contribution is -0.118. The summed E-state index contributed by atoms with van der Waals surface area (Å²) in [5.74, 6) is 1.03. The minimum atomic E-state index is -0.198. The largest absolute Gasteiger partial charge is 0.354 e. The molecule has 0 unspecified atom stereocenters. The number of benzene rings is 1. The lowest BCUT2D eigenvalue weighted by Gasteiger charge is -2.17. The molecule has 1 amide bonds. The van der Waals surface area contributed by atoms with Crippen molar-refractivity contribution in [1.29, 1.82) is 0 Å². The number of hydrogen-bond acceptors (Lipinski definition) is 3. The minimum Gasteiger partial charge on any atom is -0.354 e. The molecule has 0 bridgehead atoms. The van der Waals surface area contributed by atoms with Crippen molar-refractivity contribution in [2.75, 3.05) is 12.3 Å². The van der Waals surface area contributed by atoms with E-state index in [1.165, 1.54) is 6.07 Å². The van der Waals surface area contributed by atoms with Gasteiger partial charge in [-0.25, -0.2) is 4.39 Å². The highest BCUT2D eigenvalue weighted by Crippen LogP contribution is 2.48. The fourth-order valence-electron chi connectivity index (χ4n) is 2.64. The van der Waals surface area contributed by atoms with Gasteiger partial charge in [-0.05, 0) is 42.2 Å². The molecule has 0 atom stereocenters. The quantitative estimate of drug-likeness (QED) is 0.847. The molecule has 5 heteroatoms. The van der Waals surface area contributed by atoms with E-state index in [4.69, 9.17) is 0 Å². The molecule has 1 fully saturated rings. The van der Waals surface area contributed by atoms with Gasteiger partial charge in [-0.2, -0.15) is 0 Å². The summed E-state index contributed by atoms with van der Waals surface area (Å²) >= 11 is 1.57. The Hall–Kier alpha value is -1.88. The van der Waals surface area contributed by atoms with Gasteiger partial charge in [0.15, 0.2) is 0 Å². The fourth-order valence-corrected chi connectivity index (χ4v) is 3.46. The maximum Gasteiger partial charge on any atom is 0.230 e. The first-order valence-corrected chi connectivity index (χ1v) is 8.83. The monoisotopic (exact) mass is 330 g/mol. The Labute approximate surface area is 139 Å². The Kier molecular flexibility index (Phi) is 4.96. The average molecular weight is 330 g/mol. The molecule has 2 aromatic rings. The van der Waals surface area contributed by atoms with Crippen LogP contribution in [0.1, 0.15) is 24.0 Å². The third-order valence-electron chi connectivity index (χ3n) is 4.17. The first-order chi connectivity index (χ1) is 11.2. The maximum atomic E-state index is 13.9. The van der Waals surface area contributed by atoms with Gasteiger partial charge in [0, 0.05) is 30.1 Å². The number of hydrogen-bond donors (Lipinski definition) is 1. The zero-order chi connectivity index (χ0) is 16.1. The Morgan fingerprint density at radius 1 is 1.22 bits per heavy atom. The van der Waals surface area contributed by atoms with Crippen LogP contribution in [-0.2, 0) is 16.0 Å². The molecular formula is C18H19FN2OS. The second-order valence-electron chi connectivity index (χ2n) is 5.89. The van der Waals surface area contributed by atoms with Gasteiger partial charge < -0.3 is 5.32 Å². The summed E-state index contributed by atoms with van der Waals surface area (Å²) in [7, 11) is 0. The number of carbonyl (C=O) groups excluding carboxylic acids is 1. The van der Waals surface area contributed by atoms with Crippen LogP contribution in [0.5, 0.6) is 0 Å². The van der Waals surface area contributed by atoms with E-state index in [0.29, 0.717) is 12.3 Å². The summed E-state index contributed by atoms with van der Waals surface area (Å²) in [6.07, 6.45) is 5.36. The second kappa shape index (κ2) is 7.13. The van der Waals surface area contributed by atoms with Crippen molar-refractivity contribution in [2.24, 2.45) is 0 Å². The Balaban J connectivity index is 1.45. The molecular weight excluding hydrogens is 311 g/mol. The van der Waals surface area contributed by atoms with Gasteiger partial charge in [0.25, 0.3) is 0 Å². The first kappa shape index (κ1) is 16.0. The van der Waals surface area contributed by atoms with Crippen LogP contribution >= 0.6 is 11.8 Å². The molecule has 1 aromatic carbocycles. The highest BCUT2D eigenvalue weighted by molar-refractivity contribution is 7.99. The maximum absolute atomic E-state index is 13.9. The van der Waals surface area contributed by atoms with Crippen molar-refractivity contribution in [1.82, 2.24) is 10.3 Å². The minimum absolute atomic E-state index is 0.00618. The van der Waals surface area contributed by atoms with E-state index < -0.39 is 0 Å². The van der Waals surface area contributed by atoms with Gasteiger partial charge in [0.05, 0.1) is 5.75 Å². The molecule has 0 saturated heterocycles. The van der Waals surface area contributed by atoms with Gasteiger partial charge in [0.1, 0.15) is 5.82 Å². The first-order valence-electron chi connectivity index (χ1n) is 7.68. The van der Waals surface area contributed by atoms with Crippen molar-refractivity contribution in [2.45, 2.75) is 24.0 Å². The van der Waals surface area contributed by atoms with Crippen molar-refractivity contribution in [3.8, 4) is 0 Å². The summed E-state index contributed by atoms with van der Waals surface area (Å²) < 4.78 is 13.9. The van der Waals surface area contributed by atoms with E-state index in [2.05, 4.69) is 10.3 Å². The van der Waals surface area contributed by atoms with E-state index >= 15 is 0 Å². The lowest BCUT2D eigenvalue weighted by atomic mass is 9.95. The number of carbonyl (C=O) groups is 1. The van der Waals surface area contributed by atoms with Crippen LogP contribution in [0.4, 0.5) is 4.39 Å². The Morgan fingerprint density at radius 3 is 2.65 bits per heavy atom. The number of pyridine rings is 1. The number of amides is 1. The average Bonchev–Trinajstić information content (AvgIpc) is 3.35. The molecule has 1 N–H and O–H groups in total. The van der Waals surface area contributed by atoms with E-state index in [9.17, 15) is 9.18 Å². The topological polar surface area (TPSA) is 42.0 Å². The molecule has 1 aliphatic carbocycles. The number of thioether (sulfide) groups is 1. The molecule has 1 aliphatic rings. The molecule has 3 rings (SSSR count). The third kappa shape index (κ3) is 4.10. The normalized spacial score (nSPS) is 15.2. The molecule has 0 aliphatic heterocycles. The number of nitrogens with zero attached hydrogens (tertiary/aromatic N) is 1. The lowest BCUT2D eigenvalue weighted by Crippen LogP contribution is -2.33. The van der Waals surface area contributed by atoms with Gasteiger partial charge in [0.2, 0.25) is 5.91 Å². The molecule has 1 saturated carbocycles. The van der Waals surface area contributed by atoms with E-state index in [1.54, 1.807) is 30.2 Å². The number of halogens is 1. The molecule has 3 nitrogen and oxygen atoms in total. The molecule has 23 heavy (non-hydrogen) atoms. The van der Waals surface area contributed by atoms with Crippen molar-refractivity contribution in [3.05, 3.63) is 65.7 Å². The van der Waals surface area contributed by atoms with E-state index in [0.717, 1.165) is 29.7 Å². The van der Waals surface area contributed by atoms with Crippen LogP contribution < -0.4 is 5.32 Å². The van der Waals surface area contributed by atoms with Gasteiger partial charge in [-0.3, -0.25) is 9.78 Å². The van der Waals surface area contributed by atoms with Crippen LogP contribution in [-0.4, -0.2) is 23.2 Å². The standard InChI is InChI=1S/C18H19FN2OS/c19-16-4-2-1-3-15(16)18(7-8-18)13-21-17(22)12-23-11-14-5-9-20-10-6-14/h1-6,9-10H,7-8,11-13H2,(H,21,22). The van der Waals surface area contributed by atoms with Crippen LogP contribution in [0.3, 0.4) is 0 Å². The summed E-state index contributed by atoms with van der Waals surface area (Å²) in [4.78, 5) is 16.0. The van der Waals surface area contributed by atoms with Crippen LogP contribution in [0.2, 0.25) is 0 Å². The molecule has 1 aromatic heterocycles. The highest BCUT2D eigenvalue weighted by atomic mass is 32.2. The fraction of sp³-hybridized carbons (Fsp3) is 0.333. The Morgan fingerprint density at radius 2 is 1.96 bits per heavy atom. The number of rotatable bonds is 7. The molecule has 0 radical (unpaired) electrons. The SMILES string of the molecule is O=C(CSCc1ccncc1)NCC1(c2ccccc2F)CC1. The molecule has 1 heterocycles. The second-order valence-corrected chi connectivity index (χ2v) is 6.87. The Bertz CT molecular complexity index is 674. The predicted molar refractivity (Wildman–Crippen MR) is 90.7 cm³/mol. The van der Waals surface area contributed by atoms with Gasteiger partial charge in [-0.15, -0.1) is 11.8 Å². The van der Waals surface area contributed by atoms with Crippen molar-refractivity contribution in [3.63, 3.8) is 0 Å². The predicted octanol–water partition coefficient (Wildman–Crippen LogP) is 3.30. The third-order valence-corrected chi connectivity index (χ3v) is 5.18. The zero-order valence-corrected chi connectivity index (χ0v) is 13.6. The van der Waals surface area contributed by atoms with Crippen LogP contribution in [0.15, 0.2) is 48.8 Å². The van der Waals surface area contributed by atoms with Gasteiger partial charge >= 0.3 is 0 Å². The summed E-state index contributed by atoms with van der Waals surface area (Å²) in [6, 6.07) is 10.8. The molecule has 0 spiro atoms. The van der Waals surface area contributed by atoms with E-state index in [-0.39, 0.29) is 17.1 Å². The number of nitrogens with one attached hydrogen (secondary N) is 1. The van der Waals surface area contributed by atoms with Crippen molar-refractivity contribution < 1.29 is 9.18 Å². The number of aromatic nitrogens is 1. The smallest absolute Gasteiger partial charge is 0.230 e.